The molecule has 0 radical (unpaired) electrons. The van der Waals surface area contributed by atoms with Gasteiger partial charge in [-0.15, -0.1) is 0 Å². The molecule has 0 aliphatic heterocycles. The van der Waals surface area contributed by atoms with Crippen molar-refractivity contribution < 1.29 is 9.66 Å². The normalized spacial score (nSPS) is 23.1. The topological polar surface area (TPSA) is 77.3 Å². The zero-order chi connectivity index (χ0) is 13.8. The Morgan fingerprint density at radius 1 is 1.53 bits per heavy atom. The molecule has 2 unspecified atom stereocenters. The van der Waals surface area contributed by atoms with Crippen molar-refractivity contribution in [3.05, 3.63) is 27.9 Å². The maximum atomic E-state index is 11.1. The maximum absolute atomic E-state index is 11.1. The van der Waals surface area contributed by atoms with Gasteiger partial charge in [0.25, 0.3) is 0 Å². The fourth-order valence-corrected chi connectivity index (χ4v) is 2.57. The van der Waals surface area contributed by atoms with Gasteiger partial charge in [0.2, 0.25) is 5.82 Å². The number of hydrogen-bond donors (Lipinski definition) is 1. The first-order chi connectivity index (χ1) is 9.11. The number of methoxy groups -OCH3 is 1. The van der Waals surface area contributed by atoms with E-state index in [1.54, 1.807) is 26.3 Å². The van der Waals surface area contributed by atoms with E-state index >= 15 is 0 Å². The number of ether oxygens (including phenoxy) is 1. The zero-order valence-electron chi connectivity index (χ0n) is 11.3. The summed E-state index contributed by atoms with van der Waals surface area (Å²) in [4.78, 5) is 14.8. The lowest BCUT2D eigenvalue weighted by Gasteiger charge is -2.29. The van der Waals surface area contributed by atoms with E-state index in [1.807, 2.05) is 0 Å². The van der Waals surface area contributed by atoms with E-state index in [9.17, 15) is 10.1 Å². The maximum Gasteiger partial charge on any atom is 0.314 e. The fourth-order valence-electron chi connectivity index (χ4n) is 2.57. The molecule has 1 fully saturated rings. The quantitative estimate of drug-likeness (QED) is 0.669. The third kappa shape index (κ3) is 3.20. The van der Waals surface area contributed by atoms with Gasteiger partial charge in [-0.3, -0.25) is 10.1 Å². The zero-order valence-corrected chi connectivity index (χ0v) is 11.3. The number of aromatic nitrogens is 1. The van der Waals surface area contributed by atoms with Crippen molar-refractivity contribution in [3.8, 4) is 0 Å². The van der Waals surface area contributed by atoms with Gasteiger partial charge < -0.3 is 10.1 Å². The summed E-state index contributed by atoms with van der Waals surface area (Å²) >= 11 is 0. The van der Waals surface area contributed by atoms with Gasteiger partial charge >= 0.3 is 5.69 Å². The average molecular weight is 265 g/mol. The van der Waals surface area contributed by atoms with E-state index in [1.165, 1.54) is 0 Å². The molecule has 6 heteroatoms. The number of nitrogens with one attached hydrogen (secondary N) is 1. The standard InChI is InChI=1S/C13H19N3O3/c1-9-6-7-14-13(12(9)16(17)18)15-10-4-3-5-11(8-10)19-2/h6-7,10-11H,3-5,8H2,1-2H3,(H,14,15). The molecule has 1 aliphatic carbocycles. The largest absolute Gasteiger partial charge is 0.381 e. The lowest BCUT2D eigenvalue weighted by molar-refractivity contribution is -0.384. The van der Waals surface area contributed by atoms with Crippen LogP contribution in [0.5, 0.6) is 0 Å². The Morgan fingerprint density at radius 3 is 3.00 bits per heavy atom. The number of aryl methyl sites for hydroxylation is 1. The Bertz CT molecular complexity index is 464. The van der Waals surface area contributed by atoms with Gasteiger partial charge in [-0.25, -0.2) is 4.98 Å². The molecule has 2 rings (SSSR count). The molecule has 1 aromatic rings. The van der Waals surface area contributed by atoms with Crippen LogP contribution in [0.3, 0.4) is 0 Å². The number of nitro groups is 1. The van der Waals surface area contributed by atoms with Crippen LogP contribution in [0.25, 0.3) is 0 Å². The monoisotopic (exact) mass is 265 g/mol. The molecule has 0 amide bonds. The van der Waals surface area contributed by atoms with Crippen LogP contribution in [0.4, 0.5) is 11.5 Å². The molecule has 6 nitrogen and oxygen atoms in total. The average Bonchev–Trinajstić information content (AvgIpc) is 2.38. The van der Waals surface area contributed by atoms with E-state index in [0.29, 0.717) is 11.4 Å². The first kappa shape index (κ1) is 13.7. The summed E-state index contributed by atoms with van der Waals surface area (Å²) in [6.45, 7) is 1.73. The van der Waals surface area contributed by atoms with Gasteiger partial charge in [0.15, 0.2) is 0 Å². The van der Waals surface area contributed by atoms with Crippen LogP contribution >= 0.6 is 0 Å². The second-order valence-electron chi connectivity index (χ2n) is 4.95. The Labute approximate surface area is 112 Å². The van der Waals surface area contributed by atoms with E-state index in [0.717, 1.165) is 25.7 Å². The van der Waals surface area contributed by atoms with Gasteiger partial charge in [0.1, 0.15) is 0 Å². The SMILES string of the molecule is COC1CCCC(Nc2nccc(C)c2[N+](=O)[O-])C1. The predicted molar refractivity (Wildman–Crippen MR) is 72.3 cm³/mol. The first-order valence-corrected chi connectivity index (χ1v) is 6.51. The van der Waals surface area contributed by atoms with Crippen molar-refractivity contribution in [1.82, 2.24) is 4.98 Å². The summed E-state index contributed by atoms with van der Waals surface area (Å²) in [7, 11) is 1.71. The summed E-state index contributed by atoms with van der Waals surface area (Å²) in [5, 5.41) is 14.3. The van der Waals surface area contributed by atoms with Crippen LogP contribution < -0.4 is 5.32 Å². The molecule has 0 bridgehead atoms. The van der Waals surface area contributed by atoms with E-state index in [2.05, 4.69) is 10.3 Å². The molecule has 104 valence electrons. The van der Waals surface area contributed by atoms with Crippen LogP contribution in [-0.2, 0) is 4.74 Å². The summed E-state index contributed by atoms with van der Waals surface area (Å²) in [6, 6.07) is 1.84. The van der Waals surface area contributed by atoms with Crippen LogP contribution in [0.2, 0.25) is 0 Å². The second kappa shape index (κ2) is 5.97. The highest BCUT2D eigenvalue weighted by atomic mass is 16.6. The Kier molecular flexibility index (Phi) is 4.31. The van der Waals surface area contributed by atoms with E-state index in [4.69, 9.17) is 4.74 Å². The smallest absolute Gasteiger partial charge is 0.314 e. The molecule has 1 saturated carbocycles. The molecular formula is C13H19N3O3. The van der Waals surface area contributed by atoms with Crippen LogP contribution in [-0.4, -0.2) is 29.2 Å². The molecule has 2 atom stereocenters. The molecule has 1 aromatic heterocycles. The summed E-state index contributed by atoms with van der Waals surface area (Å²) in [5.74, 6) is 0.367. The minimum Gasteiger partial charge on any atom is -0.381 e. The van der Waals surface area contributed by atoms with Gasteiger partial charge in [-0.2, -0.15) is 0 Å². The number of anilines is 1. The predicted octanol–water partition coefficient (Wildman–Crippen LogP) is 2.67. The summed E-state index contributed by atoms with van der Waals surface area (Å²) in [6.07, 6.45) is 5.81. The second-order valence-corrected chi connectivity index (χ2v) is 4.95. The number of nitrogens with zero attached hydrogens (tertiary/aromatic N) is 2. The summed E-state index contributed by atoms with van der Waals surface area (Å²) in [5.41, 5.74) is 0.698. The molecule has 0 aromatic carbocycles. The van der Waals surface area contributed by atoms with E-state index < -0.39 is 0 Å². The van der Waals surface area contributed by atoms with Crippen LogP contribution in [0.15, 0.2) is 12.3 Å². The van der Waals surface area contributed by atoms with Crippen molar-refractivity contribution in [2.24, 2.45) is 0 Å². The molecule has 1 N–H and O–H groups in total. The van der Waals surface area contributed by atoms with Crippen molar-refractivity contribution in [2.45, 2.75) is 44.8 Å². The van der Waals surface area contributed by atoms with Crippen molar-refractivity contribution in [1.29, 1.82) is 0 Å². The Hall–Kier alpha value is -1.69. The third-order valence-electron chi connectivity index (χ3n) is 3.61. The highest BCUT2D eigenvalue weighted by Crippen LogP contribution is 2.29. The number of hydrogen-bond acceptors (Lipinski definition) is 5. The third-order valence-corrected chi connectivity index (χ3v) is 3.61. The lowest BCUT2D eigenvalue weighted by Crippen LogP contribution is -2.31. The van der Waals surface area contributed by atoms with Crippen molar-refractivity contribution >= 4 is 11.5 Å². The minimum atomic E-state index is -0.374. The highest BCUT2D eigenvalue weighted by Gasteiger charge is 2.25. The molecule has 1 heterocycles. The lowest BCUT2D eigenvalue weighted by atomic mass is 9.93. The molecule has 1 aliphatic rings. The van der Waals surface area contributed by atoms with E-state index in [-0.39, 0.29) is 22.8 Å². The summed E-state index contributed by atoms with van der Waals surface area (Å²) < 4.78 is 5.37. The Balaban J connectivity index is 2.14. The number of pyridine rings is 1. The first-order valence-electron chi connectivity index (χ1n) is 6.51. The van der Waals surface area contributed by atoms with Gasteiger partial charge in [-0.05, 0) is 38.7 Å². The van der Waals surface area contributed by atoms with Gasteiger partial charge in [0, 0.05) is 24.9 Å². The van der Waals surface area contributed by atoms with Crippen LogP contribution in [0, 0.1) is 17.0 Å². The molecule has 0 spiro atoms. The molecule has 19 heavy (non-hydrogen) atoms. The fraction of sp³-hybridized carbons (Fsp3) is 0.615. The Morgan fingerprint density at radius 2 is 2.32 bits per heavy atom. The number of rotatable bonds is 4. The van der Waals surface area contributed by atoms with Crippen molar-refractivity contribution in [3.63, 3.8) is 0 Å². The highest BCUT2D eigenvalue weighted by molar-refractivity contribution is 5.60. The van der Waals surface area contributed by atoms with Crippen LogP contribution in [0.1, 0.15) is 31.2 Å². The van der Waals surface area contributed by atoms with Crippen molar-refractivity contribution in [2.75, 3.05) is 12.4 Å². The minimum absolute atomic E-state index is 0.0713. The van der Waals surface area contributed by atoms with Gasteiger partial charge in [0.05, 0.1) is 11.0 Å². The molecular weight excluding hydrogens is 246 g/mol. The van der Waals surface area contributed by atoms with Gasteiger partial charge in [-0.1, -0.05) is 0 Å². The molecule has 0 saturated heterocycles.